The van der Waals surface area contributed by atoms with Crippen molar-refractivity contribution in [3.05, 3.63) is 188 Å². The summed E-state index contributed by atoms with van der Waals surface area (Å²) in [6.07, 6.45) is 0. The maximum absolute atomic E-state index is 6.82. The fourth-order valence-electron chi connectivity index (χ4n) is 8.64. The van der Waals surface area contributed by atoms with Crippen molar-refractivity contribution >= 4 is 65.6 Å². The molecule has 0 aliphatic carbocycles. The van der Waals surface area contributed by atoms with E-state index in [4.69, 9.17) is 19.4 Å². The molecule has 0 bridgehead atoms. The Morgan fingerprint density at radius 3 is 1.51 bits per heavy atom. The van der Waals surface area contributed by atoms with Crippen molar-refractivity contribution in [3.63, 3.8) is 0 Å². The smallest absolute Gasteiger partial charge is 0.164 e. The Hall–Kier alpha value is -7.83. The number of furan rings is 1. The number of hydrogen-bond donors (Lipinski definition) is 0. The van der Waals surface area contributed by atoms with Gasteiger partial charge in [-0.1, -0.05) is 121 Å². The molecule has 266 valence electrons. The van der Waals surface area contributed by atoms with Crippen molar-refractivity contribution < 1.29 is 4.42 Å². The Kier molecular flexibility index (Phi) is 6.83. The van der Waals surface area contributed by atoms with Crippen LogP contribution in [0.3, 0.4) is 0 Å². The van der Waals surface area contributed by atoms with E-state index in [0.29, 0.717) is 17.5 Å². The van der Waals surface area contributed by atoms with Gasteiger partial charge in [0.15, 0.2) is 17.5 Å². The van der Waals surface area contributed by atoms with Gasteiger partial charge in [-0.3, -0.25) is 0 Å². The van der Waals surface area contributed by atoms with Crippen LogP contribution in [0, 0.1) is 0 Å². The van der Waals surface area contributed by atoms with Crippen molar-refractivity contribution in [2.75, 3.05) is 0 Å². The zero-order chi connectivity index (χ0) is 37.5. The third-order valence-electron chi connectivity index (χ3n) is 11.2. The van der Waals surface area contributed by atoms with E-state index in [0.717, 1.165) is 82.8 Å². The summed E-state index contributed by atoms with van der Waals surface area (Å²) in [4.78, 5) is 14.9. The second-order valence-electron chi connectivity index (χ2n) is 14.4. The predicted octanol–water partition coefficient (Wildman–Crippen LogP) is 13.0. The molecule has 4 aromatic heterocycles. The second-order valence-corrected chi connectivity index (χ2v) is 14.4. The van der Waals surface area contributed by atoms with E-state index in [-0.39, 0.29) is 0 Å². The molecule has 0 spiro atoms. The van der Waals surface area contributed by atoms with E-state index < -0.39 is 0 Å². The lowest BCUT2D eigenvalue weighted by Gasteiger charge is -2.11. The molecule has 8 aromatic carbocycles. The average Bonchev–Trinajstić information content (AvgIpc) is 3.95. The monoisotopic (exact) mass is 729 g/mol. The van der Waals surface area contributed by atoms with E-state index in [2.05, 4.69) is 130 Å². The highest BCUT2D eigenvalue weighted by molar-refractivity contribution is 6.32. The fourth-order valence-corrected chi connectivity index (χ4v) is 8.64. The average molecular weight is 730 g/mol. The molecule has 0 saturated carbocycles. The van der Waals surface area contributed by atoms with Gasteiger partial charge in [0, 0.05) is 55.0 Å². The van der Waals surface area contributed by atoms with Crippen molar-refractivity contribution in [3.8, 4) is 45.5 Å². The number of para-hydroxylation sites is 3. The standard InChI is InChI=1S/C51H31N5O/c1-4-14-32(15-5-1)49-52-50(33-16-6-2-7-17-33)54-51(53-49)34-24-26-36(27-25-34)55-42-30-28-39-37-20-10-12-22-41(37)56(35-18-8-3-9-19-35)47(39)45(42)46-43(55)31-29-40-38-21-11-13-23-44(38)57-48(40)46/h1-31H. The van der Waals surface area contributed by atoms with E-state index in [9.17, 15) is 0 Å². The quantitative estimate of drug-likeness (QED) is 0.177. The van der Waals surface area contributed by atoms with Gasteiger partial charge in [-0.05, 0) is 66.7 Å². The topological polar surface area (TPSA) is 61.7 Å². The first-order valence-corrected chi connectivity index (χ1v) is 19.1. The van der Waals surface area contributed by atoms with Gasteiger partial charge >= 0.3 is 0 Å². The Morgan fingerprint density at radius 1 is 0.333 bits per heavy atom. The zero-order valence-corrected chi connectivity index (χ0v) is 30.5. The molecule has 0 aliphatic heterocycles. The first-order chi connectivity index (χ1) is 28.3. The van der Waals surface area contributed by atoms with Crippen molar-refractivity contribution in [1.29, 1.82) is 0 Å². The summed E-state index contributed by atoms with van der Waals surface area (Å²) >= 11 is 0. The van der Waals surface area contributed by atoms with Crippen molar-refractivity contribution in [2.45, 2.75) is 0 Å². The van der Waals surface area contributed by atoms with Crippen LogP contribution in [0.2, 0.25) is 0 Å². The molecule has 4 heterocycles. The molecule has 0 radical (unpaired) electrons. The minimum absolute atomic E-state index is 0.620. The van der Waals surface area contributed by atoms with Crippen molar-refractivity contribution in [1.82, 2.24) is 24.1 Å². The predicted molar refractivity (Wildman–Crippen MR) is 232 cm³/mol. The molecule has 12 rings (SSSR count). The van der Waals surface area contributed by atoms with Gasteiger partial charge in [-0.15, -0.1) is 0 Å². The third-order valence-corrected chi connectivity index (χ3v) is 11.2. The van der Waals surface area contributed by atoms with Gasteiger partial charge in [0.1, 0.15) is 11.2 Å². The molecule has 0 amide bonds. The van der Waals surface area contributed by atoms with Crippen LogP contribution in [0.5, 0.6) is 0 Å². The maximum Gasteiger partial charge on any atom is 0.164 e. The molecule has 6 heteroatoms. The third kappa shape index (κ3) is 4.81. The van der Waals surface area contributed by atoms with E-state index >= 15 is 0 Å². The normalized spacial score (nSPS) is 11.9. The number of benzene rings is 8. The number of fused-ring (bicyclic) bond motifs is 11. The first-order valence-electron chi connectivity index (χ1n) is 19.1. The van der Waals surface area contributed by atoms with Gasteiger partial charge in [0.25, 0.3) is 0 Å². The Morgan fingerprint density at radius 2 is 0.842 bits per heavy atom. The molecule has 0 atom stereocenters. The molecule has 0 N–H and O–H groups in total. The van der Waals surface area contributed by atoms with Crippen LogP contribution in [0.1, 0.15) is 0 Å². The van der Waals surface area contributed by atoms with E-state index in [1.54, 1.807) is 0 Å². The lowest BCUT2D eigenvalue weighted by atomic mass is 10.1. The summed E-state index contributed by atoms with van der Waals surface area (Å²) in [6.45, 7) is 0. The van der Waals surface area contributed by atoms with E-state index in [1.807, 2.05) is 66.7 Å². The molecule has 12 aromatic rings. The summed E-state index contributed by atoms with van der Waals surface area (Å²) in [7, 11) is 0. The first kappa shape index (κ1) is 31.5. The molecule has 57 heavy (non-hydrogen) atoms. The number of aromatic nitrogens is 5. The molecule has 0 fully saturated rings. The maximum atomic E-state index is 6.82. The zero-order valence-electron chi connectivity index (χ0n) is 30.5. The largest absolute Gasteiger partial charge is 0.455 e. The highest BCUT2D eigenvalue weighted by atomic mass is 16.3. The summed E-state index contributed by atoms with van der Waals surface area (Å²) in [6, 6.07) is 65.4. The highest BCUT2D eigenvalue weighted by Crippen LogP contribution is 2.46. The summed E-state index contributed by atoms with van der Waals surface area (Å²) in [5, 5.41) is 6.85. The summed E-state index contributed by atoms with van der Waals surface area (Å²) in [5.74, 6) is 1.90. The van der Waals surface area contributed by atoms with Gasteiger partial charge in [0.2, 0.25) is 0 Å². The summed E-state index contributed by atoms with van der Waals surface area (Å²) in [5.41, 5.74) is 11.2. The SMILES string of the molecule is c1ccc(-c2nc(-c3ccccc3)nc(-c3ccc(-n4c5ccc6c7ccccc7oc6c5c5c4ccc4c6ccccc6n(-c6ccccc6)c45)cc3)n2)cc1. The number of nitrogens with zero attached hydrogens (tertiary/aromatic N) is 5. The molecule has 6 nitrogen and oxygen atoms in total. The van der Waals surface area contributed by atoms with Crippen LogP contribution in [-0.2, 0) is 0 Å². The van der Waals surface area contributed by atoms with Crippen LogP contribution >= 0.6 is 0 Å². The fraction of sp³-hybridized carbons (Fsp3) is 0. The minimum Gasteiger partial charge on any atom is -0.455 e. The molecular weight excluding hydrogens is 699 g/mol. The van der Waals surface area contributed by atoms with Gasteiger partial charge in [-0.25, -0.2) is 15.0 Å². The lowest BCUT2D eigenvalue weighted by molar-refractivity contribution is 0.673. The molecular formula is C51H31N5O. The Labute approximate surface area is 326 Å². The second kappa shape index (κ2) is 12.3. The summed E-state index contributed by atoms with van der Waals surface area (Å²) < 4.78 is 11.6. The molecule has 0 aliphatic rings. The van der Waals surface area contributed by atoms with E-state index in [1.165, 1.54) is 10.8 Å². The Balaban J connectivity index is 1.13. The van der Waals surface area contributed by atoms with Crippen LogP contribution in [0.4, 0.5) is 0 Å². The molecule has 0 saturated heterocycles. The van der Waals surface area contributed by atoms with Gasteiger partial charge in [0.05, 0.1) is 27.5 Å². The van der Waals surface area contributed by atoms with Gasteiger partial charge < -0.3 is 13.6 Å². The Bertz CT molecular complexity index is 3430. The molecule has 0 unspecified atom stereocenters. The minimum atomic E-state index is 0.620. The van der Waals surface area contributed by atoms with Crippen LogP contribution in [-0.4, -0.2) is 24.1 Å². The van der Waals surface area contributed by atoms with Crippen LogP contribution in [0.15, 0.2) is 192 Å². The lowest BCUT2D eigenvalue weighted by Crippen LogP contribution is -2.00. The van der Waals surface area contributed by atoms with Gasteiger partial charge in [-0.2, -0.15) is 0 Å². The van der Waals surface area contributed by atoms with Crippen molar-refractivity contribution in [2.24, 2.45) is 0 Å². The number of hydrogen-bond acceptors (Lipinski definition) is 4. The number of rotatable bonds is 5. The van der Waals surface area contributed by atoms with Crippen LogP contribution < -0.4 is 0 Å². The highest BCUT2D eigenvalue weighted by Gasteiger charge is 2.24. The van der Waals surface area contributed by atoms with Crippen LogP contribution in [0.25, 0.3) is 111 Å².